The highest BCUT2D eigenvalue weighted by Gasteiger charge is 2.10. The fourth-order valence-electron chi connectivity index (χ4n) is 1.98. The number of methoxy groups -OCH3 is 1. The van der Waals surface area contributed by atoms with E-state index in [0.717, 1.165) is 33.4 Å². The summed E-state index contributed by atoms with van der Waals surface area (Å²) in [4.78, 5) is 1.16. The summed E-state index contributed by atoms with van der Waals surface area (Å²) in [5.74, 6) is 1.64. The van der Waals surface area contributed by atoms with Gasteiger partial charge in [-0.25, -0.2) is 0 Å². The molecule has 21 heavy (non-hydrogen) atoms. The van der Waals surface area contributed by atoms with Gasteiger partial charge in [0.2, 0.25) is 0 Å². The van der Waals surface area contributed by atoms with Gasteiger partial charge in [-0.05, 0) is 54.4 Å². The molecule has 0 saturated carbocycles. The standard InChI is InChI=1S/C16H17Cl2NOS/c1-20-16-7-4-13(18)8-11(16)9-14(19)10-21-15-5-2-12(17)3-6-15/h2-8,14H,9-10,19H2,1H3. The zero-order chi connectivity index (χ0) is 15.2. The first-order valence-corrected chi connectivity index (χ1v) is 8.29. The molecule has 0 radical (unpaired) electrons. The summed E-state index contributed by atoms with van der Waals surface area (Å²) in [5.41, 5.74) is 7.25. The molecule has 112 valence electrons. The number of nitrogens with two attached hydrogens (primary N) is 1. The second-order valence-electron chi connectivity index (χ2n) is 4.69. The Kier molecular flexibility index (Phi) is 6.24. The molecular weight excluding hydrogens is 325 g/mol. The van der Waals surface area contributed by atoms with Crippen molar-refractivity contribution in [1.82, 2.24) is 0 Å². The third kappa shape index (κ3) is 5.11. The molecule has 0 aliphatic rings. The van der Waals surface area contributed by atoms with Crippen LogP contribution in [-0.4, -0.2) is 18.9 Å². The van der Waals surface area contributed by atoms with Gasteiger partial charge in [0, 0.05) is 26.7 Å². The van der Waals surface area contributed by atoms with Gasteiger partial charge in [-0.1, -0.05) is 23.2 Å². The largest absolute Gasteiger partial charge is 0.496 e. The predicted octanol–water partition coefficient (Wildman–Crippen LogP) is 4.66. The first-order chi connectivity index (χ1) is 10.1. The van der Waals surface area contributed by atoms with Crippen molar-refractivity contribution in [3.05, 3.63) is 58.1 Å². The number of rotatable bonds is 6. The Bertz CT molecular complexity index is 589. The molecular formula is C16H17Cl2NOS. The zero-order valence-electron chi connectivity index (χ0n) is 11.7. The van der Waals surface area contributed by atoms with Crippen LogP contribution < -0.4 is 10.5 Å². The fourth-order valence-corrected chi connectivity index (χ4v) is 3.16. The molecule has 1 unspecified atom stereocenters. The molecule has 0 saturated heterocycles. The zero-order valence-corrected chi connectivity index (χ0v) is 14.0. The van der Waals surface area contributed by atoms with Crippen LogP contribution in [0.25, 0.3) is 0 Å². The lowest BCUT2D eigenvalue weighted by Gasteiger charge is -2.14. The molecule has 5 heteroatoms. The van der Waals surface area contributed by atoms with Gasteiger partial charge in [0.15, 0.2) is 0 Å². The van der Waals surface area contributed by atoms with Crippen LogP contribution in [0.3, 0.4) is 0 Å². The molecule has 0 spiro atoms. The highest BCUT2D eigenvalue weighted by Crippen LogP contribution is 2.26. The highest BCUT2D eigenvalue weighted by atomic mass is 35.5. The number of hydrogen-bond acceptors (Lipinski definition) is 3. The molecule has 2 rings (SSSR count). The van der Waals surface area contributed by atoms with E-state index in [2.05, 4.69) is 0 Å². The van der Waals surface area contributed by atoms with Gasteiger partial charge >= 0.3 is 0 Å². The van der Waals surface area contributed by atoms with Crippen LogP contribution in [0, 0.1) is 0 Å². The second kappa shape index (κ2) is 7.95. The Morgan fingerprint density at radius 3 is 2.43 bits per heavy atom. The van der Waals surface area contributed by atoms with Crippen LogP contribution in [0.5, 0.6) is 5.75 Å². The van der Waals surface area contributed by atoms with E-state index in [1.807, 2.05) is 42.5 Å². The third-order valence-corrected chi connectivity index (χ3v) is 4.69. The quantitative estimate of drug-likeness (QED) is 0.775. The molecule has 2 aromatic rings. The van der Waals surface area contributed by atoms with E-state index in [4.69, 9.17) is 33.7 Å². The molecule has 1 atom stereocenters. The lowest BCUT2D eigenvalue weighted by molar-refractivity contribution is 0.408. The van der Waals surface area contributed by atoms with Crippen molar-refractivity contribution in [2.75, 3.05) is 12.9 Å². The molecule has 0 aromatic heterocycles. The van der Waals surface area contributed by atoms with Crippen molar-refractivity contribution in [2.24, 2.45) is 5.73 Å². The molecule has 0 aliphatic heterocycles. The maximum atomic E-state index is 6.21. The van der Waals surface area contributed by atoms with E-state index >= 15 is 0 Å². The maximum absolute atomic E-state index is 6.21. The molecule has 0 amide bonds. The molecule has 0 aliphatic carbocycles. The molecule has 2 N–H and O–H groups in total. The Morgan fingerprint density at radius 1 is 1.10 bits per heavy atom. The van der Waals surface area contributed by atoms with Crippen molar-refractivity contribution in [1.29, 1.82) is 0 Å². The summed E-state index contributed by atoms with van der Waals surface area (Å²) in [6.07, 6.45) is 0.727. The number of halogens is 2. The van der Waals surface area contributed by atoms with Crippen molar-refractivity contribution in [3.63, 3.8) is 0 Å². The molecule has 0 bridgehead atoms. The van der Waals surface area contributed by atoms with Crippen LogP contribution in [-0.2, 0) is 6.42 Å². The van der Waals surface area contributed by atoms with Gasteiger partial charge in [-0.3, -0.25) is 0 Å². The van der Waals surface area contributed by atoms with Crippen molar-refractivity contribution >= 4 is 35.0 Å². The van der Waals surface area contributed by atoms with E-state index < -0.39 is 0 Å². The topological polar surface area (TPSA) is 35.2 Å². The average molecular weight is 342 g/mol. The highest BCUT2D eigenvalue weighted by molar-refractivity contribution is 7.99. The monoisotopic (exact) mass is 341 g/mol. The summed E-state index contributed by atoms with van der Waals surface area (Å²) in [6.45, 7) is 0. The van der Waals surface area contributed by atoms with Gasteiger partial charge in [0.05, 0.1) is 7.11 Å². The first kappa shape index (κ1) is 16.5. The minimum Gasteiger partial charge on any atom is -0.496 e. The summed E-state index contributed by atoms with van der Waals surface area (Å²) >= 11 is 13.6. The Morgan fingerprint density at radius 2 is 1.76 bits per heavy atom. The SMILES string of the molecule is COc1ccc(Cl)cc1CC(N)CSc1ccc(Cl)cc1. The Balaban J connectivity index is 1.94. The molecule has 2 aromatic carbocycles. The smallest absolute Gasteiger partial charge is 0.122 e. The fraction of sp³-hybridized carbons (Fsp3) is 0.250. The lowest BCUT2D eigenvalue weighted by atomic mass is 10.1. The molecule has 0 fully saturated rings. The van der Waals surface area contributed by atoms with Gasteiger partial charge < -0.3 is 10.5 Å². The van der Waals surface area contributed by atoms with E-state index in [-0.39, 0.29) is 6.04 Å². The van der Waals surface area contributed by atoms with Crippen LogP contribution in [0.2, 0.25) is 10.0 Å². The first-order valence-electron chi connectivity index (χ1n) is 6.55. The molecule has 0 heterocycles. The van der Waals surface area contributed by atoms with Gasteiger partial charge in [-0.15, -0.1) is 11.8 Å². The number of ether oxygens (including phenoxy) is 1. The minimum atomic E-state index is 0.0260. The maximum Gasteiger partial charge on any atom is 0.122 e. The van der Waals surface area contributed by atoms with Gasteiger partial charge in [-0.2, -0.15) is 0 Å². The average Bonchev–Trinajstić information content (AvgIpc) is 2.47. The number of benzene rings is 2. The summed E-state index contributed by atoms with van der Waals surface area (Å²) in [5, 5.41) is 1.44. The normalized spacial score (nSPS) is 12.2. The summed E-state index contributed by atoms with van der Waals surface area (Å²) < 4.78 is 5.34. The number of hydrogen-bond donors (Lipinski definition) is 1. The second-order valence-corrected chi connectivity index (χ2v) is 6.65. The van der Waals surface area contributed by atoms with Gasteiger partial charge in [0.1, 0.15) is 5.75 Å². The molecule has 2 nitrogen and oxygen atoms in total. The number of thioether (sulfide) groups is 1. The minimum absolute atomic E-state index is 0.0260. The lowest BCUT2D eigenvalue weighted by Crippen LogP contribution is -2.25. The van der Waals surface area contributed by atoms with Crippen molar-refractivity contribution in [3.8, 4) is 5.75 Å². The van der Waals surface area contributed by atoms with Crippen molar-refractivity contribution < 1.29 is 4.74 Å². The summed E-state index contributed by atoms with van der Waals surface area (Å²) in [6, 6.07) is 13.4. The Hall–Kier alpha value is -0.870. The summed E-state index contributed by atoms with van der Waals surface area (Å²) in [7, 11) is 1.65. The van der Waals surface area contributed by atoms with E-state index in [0.29, 0.717) is 5.02 Å². The van der Waals surface area contributed by atoms with E-state index in [1.165, 1.54) is 0 Å². The third-order valence-electron chi connectivity index (χ3n) is 3.00. The van der Waals surface area contributed by atoms with Crippen LogP contribution in [0.1, 0.15) is 5.56 Å². The van der Waals surface area contributed by atoms with Crippen molar-refractivity contribution in [2.45, 2.75) is 17.4 Å². The van der Waals surface area contributed by atoms with Gasteiger partial charge in [0.25, 0.3) is 0 Å². The van der Waals surface area contributed by atoms with E-state index in [1.54, 1.807) is 18.9 Å². The van der Waals surface area contributed by atoms with Crippen LogP contribution in [0.4, 0.5) is 0 Å². The predicted molar refractivity (Wildman–Crippen MR) is 91.9 cm³/mol. The van der Waals surface area contributed by atoms with Crippen LogP contribution in [0.15, 0.2) is 47.4 Å². The van der Waals surface area contributed by atoms with E-state index in [9.17, 15) is 0 Å². The Labute approximate surface area is 139 Å². The van der Waals surface area contributed by atoms with Crippen LogP contribution >= 0.6 is 35.0 Å².